The van der Waals surface area contributed by atoms with E-state index in [9.17, 15) is 4.79 Å². The zero-order valence-corrected chi connectivity index (χ0v) is 13.4. The van der Waals surface area contributed by atoms with Gasteiger partial charge in [0, 0.05) is 28.7 Å². The molecule has 0 spiro atoms. The van der Waals surface area contributed by atoms with E-state index in [4.69, 9.17) is 9.47 Å². The molecule has 0 aliphatic heterocycles. The van der Waals surface area contributed by atoms with Crippen LogP contribution in [-0.2, 0) is 0 Å². The molecule has 122 valence electrons. The number of carbonyl (C=O) groups excluding carboxylic acids is 1. The highest BCUT2D eigenvalue weighted by atomic mass is 16.5. The monoisotopic (exact) mass is 323 g/mol. The Balaban J connectivity index is 1.75. The van der Waals surface area contributed by atoms with Gasteiger partial charge in [0.15, 0.2) is 0 Å². The molecule has 3 aromatic rings. The Morgan fingerprint density at radius 1 is 1.17 bits per heavy atom. The molecule has 0 atom stereocenters. The average Bonchev–Trinajstić information content (AvgIpc) is 3.06. The van der Waals surface area contributed by atoms with Gasteiger partial charge < -0.3 is 14.5 Å². The Morgan fingerprint density at radius 3 is 2.79 bits per heavy atom. The number of aromatic nitrogens is 1. The lowest BCUT2D eigenvalue weighted by atomic mass is 10.2. The fourth-order valence-corrected chi connectivity index (χ4v) is 2.41. The molecule has 6 heteroatoms. The van der Waals surface area contributed by atoms with Gasteiger partial charge in [-0.15, -0.1) is 0 Å². The summed E-state index contributed by atoms with van der Waals surface area (Å²) in [6.45, 7) is 0. The normalized spacial score (nSPS) is 10.9. The van der Waals surface area contributed by atoms with Crippen molar-refractivity contribution in [1.82, 2.24) is 10.4 Å². The summed E-state index contributed by atoms with van der Waals surface area (Å²) >= 11 is 0. The van der Waals surface area contributed by atoms with Gasteiger partial charge in [-0.1, -0.05) is 18.2 Å². The van der Waals surface area contributed by atoms with Gasteiger partial charge in [0.05, 0.1) is 26.0 Å². The van der Waals surface area contributed by atoms with Crippen molar-refractivity contribution in [1.29, 1.82) is 0 Å². The molecule has 2 aromatic carbocycles. The molecule has 0 aliphatic rings. The molecule has 0 bridgehead atoms. The van der Waals surface area contributed by atoms with Crippen LogP contribution in [0.25, 0.3) is 10.9 Å². The molecule has 0 saturated carbocycles. The standard InChI is InChI=1S/C18H17N3O3/c1-23-13-8-7-12(17(9-13)24-2)10-20-21-18(22)15-11-19-16-6-4-3-5-14(15)16/h3-11,19H,1-2H3,(H,21,22)/b20-10-. The number of carbonyl (C=O) groups is 1. The van der Waals surface area contributed by atoms with Gasteiger partial charge >= 0.3 is 0 Å². The van der Waals surface area contributed by atoms with E-state index in [0.717, 1.165) is 16.5 Å². The van der Waals surface area contributed by atoms with Crippen LogP contribution in [0.5, 0.6) is 11.5 Å². The third-order valence-corrected chi connectivity index (χ3v) is 3.64. The van der Waals surface area contributed by atoms with Crippen molar-refractivity contribution in [2.75, 3.05) is 14.2 Å². The number of methoxy groups -OCH3 is 2. The maximum absolute atomic E-state index is 12.3. The van der Waals surface area contributed by atoms with Crippen molar-refractivity contribution < 1.29 is 14.3 Å². The van der Waals surface area contributed by atoms with Crippen LogP contribution in [0.4, 0.5) is 0 Å². The van der Waals surface area contributed by atoms with Crippen LogP contribution in [0.15, 0.2) is 53.8 Å². The second kappa shape index (κ2) is 6.87. The molecular formula is C18H17N3O3. The SMILES string of the molecule is COc1ccc(/C=N\NC(=O)c2c[nH]c3ccccc23)c(OC)c1. The summed E-state index contributed by atoms with van der Waals surface area (Å²) in [5.74, 6) is 1.02. The van der Waals surface area contributed by atoms with Crippen molar-refractivity contribution in [3.05, 3.63) is 59.8 Å². The zero-order chi connectivity index (χ0) is 16.9. The van der Waals surface area contributed by atoms with E-state index in [-0.39, 0.29) is 5.91 Å². The number of nitrogens with zero attached hydrogens (tertiary/aromatic N) is 1. The number of hydrogen-bond acceptors (Lipinski definition) is 4. The van der Waals surface area contributed by atoms with E-state index in [1.165, 1.54) is 6.21 Å². The number of nitrogens with one attached hydrogen (secondary N) is 2. The van der Waals surface area contributed by atoms with Crippen LogP contribution < -0.4 is 14.9 Å². The number of para-hydroxylation sites is 1. The lowest BCUT2D eigenvalue weighted by molar-refractivity contribution is 0.0957. The fourth-order valence-electron chi connectivity index (χ4n) is 2.41. The number of hydrazone groups is 1. The number of H-pyrrole nitrogens is 1. The first kappa shape index (κ1) is 15.6. The van der Waals surface area contributed by atoms with Gasteiger partial charge in [0.25, 0.3) is 5.91 Å². The molecule has 0 saturated heterocycles. The minimum Gasteiger partial charge on any atom is -0.497 e. The van der Waals surface area contributed by atoms with E-state index < -0.39 is 0 Å². The molecule has 1 aromatic heterocycles. The van der Waals surface area contributed by atoms with Crippen molar-refractivity contribution in [3.63, 3.8) is 0 Å². The number of ether oxygens (including phenoxy) is 2. The first-order valence-electron chi connectivity index (χ1n) is 7.34. The predicted octanol–water partition coefficient (Wildman–Crippen LogP) is 2.95. The van der Waals surface area contributed by atoms with Crippen LogP contribution in [0.3, 0.4) is 0 Å². The summed E-state index contributed by atoms with van der Waals surface area (Å²) in [6, 6.07) is 13.0. The quantitative estimate of drug-likeness (QED) is 0.560. The molecule has 3 rings (SSSR count). The maximum Gasteiger partial charge on any atom is 0.273 e. The van der Waals surface area contributed by atoms with E-state index in [1.54, 1.807) is 38.6 Å². The van der Waals surface area contributed by atoms with Crippen LogP contribution in [0.1, 0.15) is 15.9 Å². The molecule has 1 amide bonds. The van der Waals surface area contributed by atoms with Crippen molar-refractivity contribution in [3.8, 4) is 11.5 Å². The zero-order valence-electron chi connectivity index (χ0n) is 13.4. The number of fused-ring (bicyclic) bond motifs is 1. The smallest absolute Gasteiger partial charge is 0.273 e. The molecule has 0 fully saturated rings. The number of aromatic amines is 1. The maximum atomic E-state index is 12.3. The van der Waals surface area contributed by atoms with Gasteiger partial charge in [-0.25, -0.2) is 5.43 Å². The topological polar surface area (TPSA) is 75.7 Å². The second-order valence-electron chi connectivity index (χ2n) is 5.05. The first-order valence-corrected chi connectivity index (χ1v) is 7.34. The molecule has 0 aliphatic carbocycles. The molecule has 0 unspecified atom stereocenters. The van der Waals surface area contributed by atoms with Crippen LogP contribution in [0.2, 0.25) is 0 Å². The first-order chi connectivity index (χ1) is 11.7. The minimum atomic E-state index is -0.281. The Bertz CT molecular complexity index is 899. The van der Waals surface area contributed by atoms with Gasteiger partial charge in [-0.05, 0) is 18.2 Å². The van der Waals surface area contributed by atoms with Gasteiger partial charge in [-0.3, -0.25) is 4.79 Å². The summed E-state index contributed by atoms with van der Waals surface area (Å²) in [5.41, 5.74) is 4.71. The summed E-state index contributed by atoms with van der Waals surface area (Å²) in [7, 11) is 3.15. The molecule has 2 N–H and O–H groups in total. The number of amides is 1. The summed E-state index contributed by atoms with van der Waals surface area (Å²) < 4.78 is 10.4. The highest BCUT2D eigenvalue weighted by Crippen LogP contribution is 2.23. The Labute approximate surface area is 139 Å². The van der Waals surface area contributed by atoms with E-state index in [2.05, 4.69) is 15.5 Å². The lowest BCUT2D eigenvalue weighted by Crippen LogP contribution is -2.17. The molecule has 24 heavy (non-hydrogen) atoms. The van der Waals surface area contributed by atoms with Crippen molar-refractivity contribution in [2.24, 2.45) is 5.10 Å². The van der Waals surface area contributed by atoms with Crippen LogP contribution >= 0.6 is 0 Å². The van der Waals surface area contributed by atoms with Crippen molar-refractivity contribution in [2.45, 2.75) is 0 Å². The molecular weight excluding hydrogens is 306 g/mol. The lowest BCUT2D eigenvalue weighted by Gasteiger charge is -2.06. The Hall–Kier alpha value is -3.28. The van der Waals surface area contributed by atoms with Crippen LogP contribution in [0, 0.1) is 0 Å². The highest BCUT2D eigenvalue weighted by Gasteiger charge is 2.10. The molecule has 0 radical (unpaired) electrons. The predicted molar refractivity (Wildman–Crippen MR) is 92.9 cm³/mol. The fraction of sp³-hybridized carbons (Fsp3) is 0.111. The third kappa shape index (κ3) is 3.08. The van der Waals surface area contributed by atoms with Gasteiger partial charge in [0.2, 0.25) is 0 Å². The highest BCUT2D eigenvalue weighted by molar-refractivity contribution is 6.06. The molecule has 1 heterocycles. The average molecular weight is 323 g/mol. The third-order valence-electron chi connectivity index (χ3n) is 3.64. The number of rotatable bonds is 5. The van der Waals surface area contributed by atoms with E-state index in [0.29, 0.717) is 17.1 Å². The largest absolute Gasteiger partial charge is 0.497 e. The minimum absolute atomic E-state index is 0.281. The van der Waals surface area contributed by atoms with E-state index in [1.807, 2.05) is 24.3 Å². The Kier molecular flexibility index (Phi) is 4.47. The second-order valence-corrected chi connectivity index (χ2v) is 5.05. The van der Waals surface area contributed by atoms with E-state index >= 15 is 0 Å². The van der Waals surface area contributed by atoms with Gasteiger partial charge in [-0.2, -0.15) is 5.10 Å². The summed E-state index contributed by atoms with van der Waals surface area (Å²) in [4.78, 5) is 15.3. The number of hydrogen-bond donors (Lipinski definition) is 2. The van der Waals surface area contributed by atoms with Crippen LogP contribution in [-0.4, -0.2) is 31.3 Å². The summed E-state index contributed by atoms with van der Waals surface area (Å²) in [6.07, 6.45) is 3.20. The van der Waals surface area contributed by atoms with Gasteiger partial charge in [0.1, 0.15) is 11.5 Å². The molecule has 6 nitrogen and oxygen atoms in total. The van der Waals surface area contributed by atoms with Crippen molar-refractivity contribution >= 4 is 23.0 Å². The summed E-state index contributed by atoms with van der Waals surface area (Å²) in [5, 5.41) is 4.86. The Morgan fingerprint density at radius 2 is 2.00 bits per heavy atom. The number of benzene rings is 2.